The first kappa shape index (κ1) is 24.8. The predicted molar refractivity (Wildman–Crippen MR) is 132 cm³/mol. The maximum atomic E-state index is 13.7. The van der Waals surface area contributed by atoms with E-state index in [-0.39, 0.29) is 42.1 Å². The monoisotopic (exact) mass is 465 g/mol. The minimum absolute atomic E-state index is 0.00243. The lowest BCUT2D eigenvalue weighted by Crippen LogP contribution is -2.34. The maximum absolute atomic E-state index is 13.7. The van der Waals surface area contributed by atoms with Crippen molar-refractivity contribution in [2.24, 2.45) is 5.92 Å². The highest BCUT2D eigenvalue weighted by Crippen LogP contribution is 2.28. The zero-order valence-corrected chi connectivity index (χ0v) is 20.2. The first-order chi connectivity index (χ1) is 16.3. The molecule has 0 saturated carbocycles. The van der Waals surface area contributed by atoms with Crippen molar-refractivity contribution in [1.82, 2.24) is 24.8 Å². The Balaban J connectivity index is 2.23. The van der Waals surface area contributed by atoms with Gasteiger partial charge in [0.25, 0.3) is 5.56 Å². The molecule has 0 aromatic carbocycles. The van der Waals surface area contributed by atoms with E-state index in [0.29, 0.717) is 29.1 Å². The first-order valence-corrected chi connectivity index (χ1v) is 11.3. The van der Waals surface area contributed by atoms with Crippen molar-refractivity contribution in [2.45, 2.75) is 39.7 Å². The van der Waals surface area contributed by atoms with Gasteiger partial charge in [0.1, 0.15) is 11.3 Å². The number of hydrogen-bond acceptors (Lipinski definition) is 7. The molecule has 180 valence electrons. The van der Waals surface area contributed by atoms with Crippen LogP contribution in [0.5, 0.6) is 0 Å². The van der Waals surface area contributed by atoms with Gasteiger partial charge in [0.2, 0.25) is 11.8 Å². The van der Waals surface area contributed by atoms with E-state index in [1.807, 2.05) is 32.0 Å². The molecule has 34 heavy (non-hydrogen) atoms. The molecule has 0 radical (unpaired) electrons. The quantitative estimate of drug-likeness (QED) is 0.497. The SMILES string of the molecule is CCC(=O)N(C)c1ccc2nc(NCCC(=O)NC)c(=O)n([C@H](c3ccccn3)C(C)C)c2n1. The van der Waals surface area contributed by atoms with Crippen molar-refractivity contribution in [3.05, 3.63) is 52.6 Å². The fourth-order valence-corrected chi connectivity index (χ4v) is 3.74. The molecule has 2 N–H and O–H groups in total. The fraction of sp³-hybridized carbons (Fsp3) is 0.417. The highest BCUT2D eigenvalue weighted by atomic mass is 16.2. The van der Waals surface area contributed by atoms with Crippen molar-refractivity contribution in [3.8, 4) is 0 Å². The van der Waals surface area contributed by atoms with Gasteiger partial charge in [-0.1, -0.05) is 26.8 Å². The van der Waals surface area contributed by atoms with Gasteiger partial charge in [-0.25, -0.2) is 9.97 Å². The molecule has 3 aromatic heterocycles. The minimum atomic E-state index is -0.423. The lowest BCUT2D eigenvalue weighted by Gasteiger charge is -2.25. The normalized spacial score (nSPS) is 11.9. The Morgan fingerprint density at radius 2 is 1.91 bits per heavy atom. The fourth-order valence-electron chi connectivity index (χ4n) is 3.74. The van der Waals surface area contributed by atoms with Gasteiger partial charge in [-0.2, -0.15) is 0 Å². The third-order valence-corrected chi connectivity index (χ3v) is 5.57. The van der Waals surface area contributed by atoms with E-state index in [1.54, 1.807) is 43.9 Å². The molecule has 1 atom stereocenters. The van der Waals surface area contributed by atoms with Crippen LogP contribution in [0.15, 0.2) is 41.3 Å². The van der Waals surface area contributed by atoms with Crippen LogP contribution < -0.4 is 21.1 Å². The van der Waals surface area contributed by atoms with Gasteiger partial charge in [0, 0.05) is 39.7 Å². The molecular formula is C24H31N7O3. The highest BCUT2D eigenvalue weighted by Gasteiger charge is 2.26. The van der Waals surface area contributed by atoms with Gasteiger partial charge in [0.15, 0.2) is 11.5 Å². The van der Waals surface area contributed by atoms with Gasteiger partial charge >= 0.3 is 0 Å². The molecule has 3 heterocycles. The zero-order valence-electron chi connectivity index (χ0n) is 20.2. The van der Waals surface area contributed by atoms with E-state index in [2.05, 4.69) is 25.6 Å². The molecule has 10 nitrogen and oxygen atoms in total. The number of aromatic nitrogens is 4. The summed E-state index contributed by atoms with van der Waals surface area (Å²) in [6.07, 6.45) is 2.22. The second kappa shape index (κ2) is 10.9. The van der Waals surface area contributed by atoms with Crippen LogP contribution in [0.3, 0.4) is 0 Å². The van der Waals surface area contributed by atoms with Crippen molar-refractivity contribution in [3.63, 3.8) is 0 Å². The minimum Gasteiger partial charge on any atom is -0.365 e. The van der Waals surface area contributed by atoms with E-state index in [4.69, 9.17) is 0 Å². The van der Waals surface area contributed by atoms with Crippen LogP contribution in [0.1, 0.15) is 45.3 Å². The van der Waals surface area contributed by atoms with E-state index in [9.17, 15) is 14.4 Å². The smallest absolute Gasteiger partial charge is 0.295 e. The second-order valence-corrected chi connectivity index (χ2v) is 8.25. The summed E-state index contributed by atoms with van der Waals surface area (Å²) in [7, 11) is 3.22. The Morgan fingerprint density at radius 3 is 2.53 bits per heavy atom. The van der Waals surface area contributed by atoms with Gasteiger partial charge in [-0.05, 0) is 30.2 Å². The molecular weight excluding hydrogens is 434 g/mol. The van der Waals surface area contributed by atoms with E-state index >= 15 is 0 Å². The summed E-state index contributed by atoms with van der Waals surface area (Å²) < 4.78 is 1.59. The topological polar surface area (TPSA) is 122 Å². The summed E-state index contributed by atoms with van der Waals surface area (Å²) in [5, 5.41) is 5.56. The molecule has 0 unspecified atom stereocenters. The van der Waals surface area contributed by atoms with Crippen LogP contribution >= 0.6 is 0 Å². The molecule has 0 spiro atoms. The molecule has 3 rings (SSSR count). The number of carbonyl (C=O) groups excluding carboxylic acids is 2. The number of fused-ring (bicyclic) bond motifs is 1. The standard InChI is InChI=1S/C24H31N7O3/c1-6-20(33)30(5)18-11-10-17-23(29-18)31(21(15(2)3)16-9-7-8-13-26-16)24(34)22(28-17)27-14-12-19(32)25-4/h7-11,13,15,21H,6,12,14H2,1-5H3,(H,25,32)(H,27,28)/t21-/m0/s1. The number of nitrogens with one attached hydrogen (secondary N) is 2. The molecule has 0 fully saturated rings. The molecule has 10 heteroatoms. The van der Waals surface area contributed by atoms with Crippen molar-refractivity contribution in [1.29, 1.82) is 0 Å². The number of pyridine rings is 2. The van der Waals surface area contributed by atoms with Crippen LogP contribution in [0.2, 0.25) is 0 Å². The molecule has 0 aliphatic heterocycles. The summed E-state index contributed by atoms with van der Waals surface area (Å²) in [6.45, 7) is 6.05. The lowest BCUT2D eigenvalue weighted by atomic mass is 9.99. The second-order valence-electron chi connectivity index (χ2n) is 8.25. The van der Waals surface area contributed by atoms with Gasteiger partial charge < -0.3 is 10.6 Å². The van der Waals surface area contributed by atoms with E-state index < -0.39 is 6.04 Å². The van der Waals surface area contributed by atoms with Crippen molar-refractivity contribution < 1.29 is 9.59 Å². The van der Waals surface area contributed by atoms with Crippen LogP contribution in [-0.4, -0.2) is 52.0 Å². The van der Waals surface area contributed by atoms with Crippen molar-refractivity contribution in [2.75, 3.05) is 30.9 Å². The van der Waals surface area contributed by atoms with E-state index in [0.717, 1.165) is 0 Å². The Morgan fingerprint density at radius 1 is 1.15 bits per heavy atom. The number of nitrogens with zero attached hydrogens (tertiary/aromatic N) is 5. The van der Waals surface area contributed by atoms with Gasteiger partial charge in [-0.15, -0.1) is 0 Å². The third-order valence-electron chi connectivity index (χ3n) is 5.57. The van der Waals surface area contributed by atoms with Crippen molar-refractivity contribution >= 4 is 34.6 Å². The van der Waals surface area contributed by atoms with Gasteiger partial charge in [0.05, 0.1) is 11.7 Å². The Kier molecular flexibility index (Phi) is 7.93. The number of rotatable bonds is 9. The molecule has 0 aliphatic carbocycles. The van der Waals surface area contributed by atoms with E-state index in [1.165, 1.54) is 4.90 Å². The average molecular weight is 466 g/mol. The Bertz CT molecular complexity index is 1220. The number of carbonyl (C=O) groups is 2. The van der Waals surface area contributed by atoms with Crippen LogP contribution in [0.25, 0.3) is 11.2 Å². The highest BCUT2D eigenvalue weighted by molar-refractivity contribution is 5.92. The first-order valence-electron chi connectivity index (χ1n) is 11.3. The molecule has 3 aromatic rings. The lowest BCUT2D eigenvalue weighted by molar-refractivity contribution is -0.120. The molecule has 2 amide bonds. The Labute approximate surface area is 198 Å². The van der Waals surface area contributed by atoms with Crippen LogP contribution in [-0.2, 0) is 9.59 Å². The summed E-state index contributed by atoms with van der Waals surface area (Å²) in [5.41, 5.74) is 1.20. The third kappa shape index (κ3) is 5.22. The molecule has 0 aliphatic rings. The zero-order chi connectivity index (χ0) is 24.8. The van der Waals surface area contributed by atoms with Gasteiger partial charge in [-0.3, -0.25) is 28.8 Å². The average Bonchev–Trinajstić information content (AvgIpc) is 2.85. The summed E-state index contributed by atoms with van der Waals surface area (Å²) in [6, 6.07) is 8.60. The maximum Gasteiger partial charge on any atom is 0.295 e. The van der Waals surface area contributed by atoms with Crippen LogP contribution in [0.4, 0.5) is 11.6 Å². The number of anilines is 2. The molecule has 0 saturated heterocycles. The van der Waals surface area contributed by atoms with Crippen LogP contribution in [0, 0.1) is 5.92 Å². The summed E-state index contributed by atoms with van der Waals surface area (Å²) in [4.78, 5) is 52.7. The largest absolute Gasteiger partial charge is 0.365 e. The number of amides is 2. The number of hydrogen-bond donors (Lipinski definition) is 2. The Hall–Kier alpha value is -3.82. The summed E-state index contributed by atoms with van der Waals surface area (Å²) >= 11 is 0. The summed E-state index contributed by atoms with van der Waals surface area (Å²) in [5.74, 6) is 0.324. The predicted octanol–water partition coefficient (Wildman–Crippen LogP) is 2.35. The molecule has 0 bridgehead atoms.